The first-order valence-electron chi connectivity index (χ1n) is 9.02. The van der Waals surface area contributed by atoms with Crippen molar-refractivity contribution in [3.63, 3.8) is 0 Å². The summed E-state index contributed by atoms with van der Waals surface area (Å²) in [5.74, 6) is 2.45. The summed E-state index contributed by atoms with van der Waals surface area (Å²) in [5, 5.41) is 3.07. The van der Waals surface area contributed by atoms with Crippen molar-refractivity contribution in [3.8, 4) is 17.2 Å². The molecule has 0 aliphatic rings. The van der Waals surface area contributed by atoms with Gasteiger partial charge in [-0.1, -0.05) is 19.1 Å². The molecule has 0 fully saturated rings. The van der Waals surface area contributed by atoms with Gasteiger partial charge in [0.15, 0.2) is 17.5 Å². The van der Waals surface area contributed by atoms with Crippen LogP contribution in [0.4, 0.5) is 5.69 Å². The van der Waals surface area contributed by atoms with Crippen molar-refractivity contribution in [2.75, 3.05) is 19.5 Å². The standard InChI is InChI=1S/C21H29N3O3/c1-6-15(3)27-19-11-14(2)7-8-16(19)13-23-21(22)24-17-9-10-18(25-4)20(12-17)26-5/h7-12,15H,6,13H2,1-5H3,(H3,22,23,24). The predicted molar refractivity (Wildman–Crippen MR) is 110 cm³/mol. The van der Waals surface area contributed by atoms with Crippen molar-refractivity contribution in [3.05, 3.63) is 47.5 Å². The van der Waals surface area contributed by atoms with Crippen LogP contribution < -0.4 is 25.3 Å². The van der Waals surface area contributed by atoms with E-state index in [1.807, 2.05) is 43.3 Å². The molecule has 0 radical (unpaired) electrons. The number of aryl methyl sites for hydroxylation is 1. The van der Waals surface area contributed by atoms with E-state index in [4.69, 9.17) is 19.9 Å². The molecule has 0 saturated carbocycles. The van der Waals surface area contributed by atoms with Gasteiger partial charge in [-0.15, -0.1) is 0 Å². The normalized spacial score (nSPS) is 12.4. The number of benzene rings is 2. The number of rotatable bonds is 8. The fourth-order valence-corrected chi connectivity index (χ4v) is 2.47. The summed E-state index contributed by atoms with van der Waals surface area (Å²) in [7, 11) is 3.19. The number of nitrogens with zero attached hydrogens (tertiary/aromatic N) is 1. The van der Waals surface area contributed by atoms with Crippen molar-refractivity contribution in [1.82, 2.24) is 0 Å². The Kier molecular flexibility index (Phi) is 7.34. The second-order valence-corrected chi connectivity index (χ2v) is 6.34. The van der Waals surface area contributed by atoms with Gasteiger partial charge < -0.3 is 25.3 Å². The number of hydrogen-bond acceptors (Lipinski definition) is 4. The average molecular weight is 371 g/mol. The number of hydrogen-bond donors (Lipinski definition) is 2. The second-order valence-electron chi connectivity index (χ2n) is 6.34. The molecule has 0 saturated heterocycles. The lowest BCUT2D eigenvalue weighted by Gasteiger charge is -2.16. The van der Waals surface area contributed by atoms with Crippen LogP contribution in [0, 0.1) is 6.92 Å². The maximum Gasteiger partial charge on any atom is 0.193 e. The maximum absolute atomic E-state index is 6.05. The average Bonchev–Trinajstić information content (AvgIpc) is 2.67. The van der Waals surface area contributed by atoms with Gasteiger partial charge in [0.05, 0.1) is 26.9 Å². The lowest BCUT2D eigenvalue weighted by molar-refractivity contribution is 0.215. The van der Waals surface area contributed by atoms with Crippen molar-refractivity contribution in [2.24, 2.45) is 10.7 Å². The van der Waals surface area contributed by atoms with Gasteiger partial charge in [0, 0.05) is 17.3 Å². The third kappa shape index (κ3) is 5.81. The molecule has 0 aromatic heterocycles. The van der Waals surface area contributed by atoms with Gasteiger partial charge in [0.2, 0.25) is 0 Å². The summed E-state index contributed by atoms with van der Waals surface area (Å²) in [6.07, 6.45) is 1.09. The van der Waals surface area contributed by atoms with Crippen molar-refractivity contribution in [1.29, 1.82) is 0 Å². The quantitative estimate of drug-likeness (QED) is 0.539. The molecule has 146 valence electrons. The second kappa shape index (κ2) is 9.71. The maximum atomic E-state index is 6.05. The number of nitrogens with two attached hydrogens (primary N) is 1. The highest BCUT2D eigenvalue weighted by Gasteiger charge is 2.09. The Balaban J connectivity index is 2.11. The first-order valence-corrected chi connectivity index (χ1v) is 9.02. The fraction of sp³-hybridized carbons (Fsp3) is 0.381. The number of aliphatic imine (C=N–C) groups is 1. The van der Waals surface area contributed by atoms with Gasteiger partial charge in [-0.25, -0.2) is 4.99 Å². The number of guanidine groups is 1. The SMILES string of the molecule is CCC(C)Oc1cc(C)ccc1CN=C(N)Nc1ccc(OC)c(OC)c1. The summed E-state index contributed by atoms with van der Waals surface area (Å²) < 4.78 is 16.6. The zero-order valence-corrected chi connectivity index (χ0v) is 16.7. The van der Waals surface area contributed by atoms with Gasteiger partial charge in [-0.05, 0) is 44.0 Å². The molecule has 0 aliphatic carbocycles. The van der Waals surface area contributed by atoms with Crippen LogP contribution in [0.5, 0.6) is 17.2 Å². The van der Waals surface area contributed by atoms with Crippen LogP contribution in [0.3, 0.4) is 0 Å². The van der Waals surface area contributed by atoms with E-state index in [1.165, 1.54) is 0 Å². The third-order valence-electron chi connectivity index (χ3n) is 4.20. The number of methoxy groups -OCH3 is 2. The van der Waals surface area contributed by atoms with Gasteiger partial charge in [0.1, 0.15) is 5.75 Å². The molecular weight excluding hydrogens is 342 g/mol. The Morgan fingerprint density at radius 1 is 1.07 bits per heavy atom. The van der Waals surface area contributed by atoms with E-state index in [1.54, 1.807) is 14.2 Å². The third-order valence-corrected chi connectivity index (χ3v) is 4.20. The fourth-order valence-electron chi connectivity index (χ4n) is 2.47. The lowest BCUT2D eigenvalue weighted by Crippen LogP contribution is -2.22. The molecule has 0 amide bonds. The molecule has 27 heavy (non-hydrogen) atoms. The van der Waals surface area contributed by atoms with Crippen LogP contribution in [0.25, 0.3) is 0 Å². The van der Waals surface area contributed by atoms with Crippen LogP contribution in [-0.2, 0) is 6.54 Å². The molecule has 1 atom stereocenters. The van der Waals surface area contributed by atoms with Crippen LogP contribution in [0.1, 0.15) is 31.4 Å². The Morgan fingerprint density at radius 2 is 1.81 bits per heavy atom. The van der Waals surface area contributed by atoms with Crippen LogP contribution in [0.2, 0.25) is 0 Å². The first kappa shape index (κ1) is 20.4. The van der Waals surface area contributed by atoms with E-state index < -0.39 is 0 Å². The minimum Gasteiger partial charge on any atom is -0.493 e. The van der Waals surface area contributed by atoms with Crippen LogP contribution >= 0.6 is 0 Å². The monoisotopic (exact) mass is 371 g/mol. The zero-order chi connectivity index (χ0) is 19.8. The van der Waals surface area contributed by atoms with Gasteiger partial charge in [-0.3, -0.25) is 0 Å². The molecule has 0 heterocycles. The molecule has 2 aromatic rings. The highest BCUT2D eigenvalue weighted by atomic mass is 16.5. The molecule has 0 aliphatic heterocycles. The molecule has 2 rings (SSSR count). The number of nitrogens with one attached hydrogen (secondary N) is 1. The Bertz CT molecular complexity index is 790. The van der Waals surface area contributed by atoms with E-state index in [2.05, 4.69) is 24.2 Å². The zero-order valence-electron chi connectivity index (χ0n) is 16.7. The van der Waals surface area contributed by atoms with Gasteiger partial charge in [-0.2, -0.15) is 0 Å². The Morgan fingerprint density at radius 3 is 2.48 bits per heavy atom. The van der Waals surface area contributed by atoms with E-state index >= 15 is 0 Å². The van der Waals surface area contributed by atoms with Crippen LogP contribution in [-0.4, -0.2) is 26.3 Å². The molecule has 6 heteroatoms. The number of ether oxygens (including phenoxy) is 3. The molecule has 0 spiro atoms. The minimum absolute atomic E-state index is 0.150. The molecular formula is C21H29N3O3. The van der Waals surface area contributed by atoms with Crippen molar-refractivity contribution < 1.29 is 14.2 Å². The summed E-state index contributed by atoms with van der Waals surface area (Å²) in [6.45, 7) is 6.63. The predicted octanol–water partition coefficient (Wildman–Crippen LogP) is 4.12. The largest absolute Gasteiger partial charge is 0.493 e. The minimum atomic E-state index is 0.150. The summed E-state index contributed by atoms with van der Waals surface area (Å²) in [6, 6.07) is 11.6. The Labute approximate surface area is 161 Å². The van der Waals surface area contributed by atoms with Crippen molar-refractivity contribution >= 4 is 11.6 Å². The number of anilines is 1. The topological polar surface area (TPSA) is 78.1 Å². The van der Waals surface area contributed by atoms with E-state index in [-0.39, 0.29) is 6.10 Å². The van der Waals surface area contributed by atoms with Gasteiger partial charge >= 0.3 is 0 Å². The van der Waals surface area contributed by atoms with Crippen LogP contribution in [0.15, 0.2) is 41.4 Å². The summed E-state index contributed by atoms with van der Waals surface area (Å²) >= 11 is 0. The molecule has 6 nitrogen and oxygen atoms in total. The summed E-state index contributed by atoms with van der Waals surface area (Å²) in [4.78, 5) is 4.44. The Hall–Kier alpha value is -2.89. The van der Waals surface area contributed by atoms with E-state index in [9.17, 15) is 0 Å². The first-order chi connectivity index (χ1) is 13.0. The van der Waals surface area contributed by atoms with Crippen molar-refractivity contribution in [2.45, 2.75) is 39.8 Å². The molecule has 3 N–H and O–H groups in total. The molecule has 2 aromatic carbocycles. The molecule has 0 bridgehead atoms. The summed E-state index contributed by atoms with van der Waals surface area (Å²) in [5.41, 5.74) is 8.97. The smallest absolute Gasteiger partial charge is 0.193 e. The molecule has 1 unspecified atom stereocenters. The highest BCUT2D eigenvalue weighted by molar-refractivity contribution is 5.92. The van der Waals surface area contributed by atoms with E-state index in [0.717, 1.165) is 29.0 Å². The van der Waals surface area contributed by atoms with Gasteiger partial charge in [0.25, 0.3) is 0 Å². The van der Waals surface area contributed by atoms with E-state index in [0.29, 0.717) is 24.0 Å². The highest BCUT2D eigenvalue weighted by Crippen LogP contribution is 2.29. The lowest BCUT2D eigenvalue weighted by atomic mass is 10.1.